The lowest BCUT2D eigenvalue weighted by molar-refractivity contribution is 0.818. The van der Waals surface area contributed by atoms with Gasteiger partial charge in [-0.3, -0.25) is 0 Å². The summed E-state index contributed by atoms with van der Waals surface area (Å²) in [7, 11) is 0. The third-order valence-electron chi connectivity index (χ3n) is 1.75. The zero-order valence-corrected chi connectivity index (χ0v) is 7.81. The maximum atomic E-state index is 5.98. The molecule has 0 fully saturated rings. The number of halogens is 1. The second kappa shape index (κ2) is 3.74. The van der Waals surface area contributed by atoms with E-state index in [1.54, 1.807) is 6.08 Å². The van der Waals surface area contributed by atoms with Gasteiger partial charge in [0.2, 0.25) is 0 Å². The average molecular weight is 182 g/mol. The van der Waals surface area contributed by atoms with E-state index in [-0.39, 0.29) is 6.04 Å². The van der Waals surface area contributed by atoms with E-state index in [1.165, 1.54) is 0 Å². The first-order valence-electron chi connectivity index (χ1n) is 3.82. The van der Waals surface area contributed by atoms with Crippen LogP contribution in [0.3, 0.4) is 0 Å². The molecule has 2 N–H and O–H groups in total. The van der Waals surface area contributed by atoms with E-state index in [1.807, 2.05) is 25.1 Å². The molecular formula is C10H12ClN. The molecule has 0 bridgehead atoms. The molecule has 2 heteroatoms. The van der Waals surface area contributed by atoms with Crippen molar-refractivity contribution < 1.29 is 0 Å². The zero-order chi connectivity index (χ0) is 9.14. The normalized spacial score (nSPS) is 12.6. The predicted octanol–water partition coefficient (Wildman–Crippen LogP) is 3.00. The number of nitrogens with two attached hydrogens (primary N) is 1. The molecule has 0 aliphatic carbocycles. The number of benzene rings is 1. The summed E-state index contributed by atoms with van der Waals surface area (Å²) < 4.78 is 0. The Morgan fingerprint density at radius 2 is 2.25 bits per heavy atom. The molecule has 1 aromatic carbocycles. The van der Waals surface area contributed by atoms with Crippen LogP contribution in [0.15, 0.2) is 24.8 Å². The van der Waals surface area contributed by atoms with Crippen LogP contribution in [-0.4, -0.2) is 0 Å². The second-order valence-corrected chi connectivity index (χ2v) is 3.18. The van der Waals surface area contributed by atoms with Gasteiger partial charge >= 0.3 is 0 Å². The Bertz CT molecular complexity index is 292. The molecule has 64 valence electrons. The molecule has 0 aliphatic rings. The Morgan fingerprint density at radius 3 is 2.67 bits per heavy atom. The third-order valence-corrected chi connectivity index (χ3v) is 2.08. The van der Waals surface area contributed by atoms with Crippen molar-refractivity contribution in [3.63, 3.8) is 0 Å². The molecule has 0 radical (unpaired) electrons. The van der Waals surface area contributed by atoms with Crippen molar-refractivity contribution in [1.29, 1.82) is 0 Å². The SMILES string of the molecule is C=Cc1ccc(C(C)N)c(Cl)c1. The number of hydrogen-bond donors (Lipinski definition) is 1. The smallest absolute Gasteiger partial charge is 0.0459 e. The van der Waals surface area contributed by atoms with Crippen molar-refractivity contribution in [3.05, 3.63) is 40.9 Å². The Hall–Kier alpha value is -0.790. The highest BCUT2D eigenvalue weighted by atomic mass is 35.5. The van der Waals surface area contributed by atoms with E-state index in [0.717, 1.165) is 11.1 Å². The van der Waals surface area contributed by atoms with Crippen LogP contribution in [0, 0.1) is 0 Å². The lowest BCUT2D eigenvalue weighted by Gasteiger charge is -2.08. The van der Waals surface area contributed by atoms with Crippen molar-refractivity contribution in [3.8, 4) is 0 Å². The van der Waals surface area contributed by atoms with Crippen LogP contribution in [0.5, 0.6) is 0 Å². The Morgan fingerprint density at radius 1 is 1.58 bits per heavy atom. The van der Waals surface area contributed by atoms with Gasteiger partial charge in [-0.1, -0.05) is 36.4 Å². The fraction of sp³-hybridized carbons (Fsp3) is 0.200. The van der Waals surface area contributed by atoms with Crippen molar-refractivity contribution in [2.75, 3.05) is 0 Å². The van der Waals surface area contributed by atoms with E-state index in [2.05, 4.69) is 6.58 Å². The molecule has 1 rings (SSSR count). The molecule has 1 aromatic rings. The molecule has 0 heterocycles. The van der Waals surface area contributed by atoms with Crippen LogP contribution in [0.2, 0.25) is 5.02 Å². The van der Waals surface area contributed by atoms with Crippen LogP contribution in [0.4, 0.5) is 0 Å². The van der Waals surface area contributed by atoms with Gasteiger partial charge in [0, 0.05) is 11.1 Å². The molecular weight excluding hydrogens is 170 g/mol. The van der Waals surface area contributed by atoms with E-state index in [0.29, 0.717) is 5.02 Å². The highest BCUT2D eigenvalue weighted by molar-refractivity contribution is 6.31. The van der Waals surface area contributed by atoms with Gasteiger partial charge in [-0.05, 0) is 24.1 Å². The van der Waals surface area contributed by atoms with E-state index >= 15 is 0 Å². The minimum absolute atomic E-state index is 0.0173. The maximum Gasteiger partial charge on any atom is 0.0459 e. The first-order chi connectivity index (χ1) is 5.65. The molecule has 0 saturated carbocycles. The summed E-state index contributed by atoms with van der Waals surface area (Å²) in [6.07, 6.45) is 1.76. The van der Waals surface area contributed by atoms with Crippen LogP contribution in [0.1, 0.15) is 24.1 Å². The van der Waals surface area contributed by atoms with Crippen LogP contribution in [-0.2, 0) is 0 Å². The van der Waals surface area contributed by atoms with Crippen molar-refractivity contribution >= 4 is 17.7 Å². The first-order valence-corrected chi connectivity index (χ1v) is 4.20. The van der Waals surface area contributed by atoms with E-state index in [9.17, 15) is 0 Å². The van der Waals surface area contributed by atoms with Gasteiger partial charge in [-0.25, -0.2) is 0 Å². The number of hydrogen-bond acceptors (Lipinski definition) is 1. The van der Waals surface area contributed by atoms with Crippen LogP contribution < -0.4 is 5.73 Å². The minimum atomic E-state index is -0.0173. The highest BCUT2D eigenvalue weighted by Gasteiger charge is 2.04. The summed E-state index contributed by atoms with van der Waals surface area (Å²) in [5, 5.41) is 0.711. The molecule has 1 nitrogen and oxygen atoms in total. The molecule has 0 aromatic heterocycles. The standard InChI is InChI=1S/C10H12ClN/c1-3-8-4-5-9(7(2)12)10(11)6-8/h3-7H,1,12H2,2H3. The molecule has 1 atom stereocenters. The lowest BCUT2D eigenvalue weighted by atomic mass is 10.1. The van der Waals surface area contributed by atoms with E-state index in [4.69, 9.17) is 17.3 Å². The number of rotatable bonds is 2. The van der Waals surface area contributed by atoms with Gasteiger partial charge in [-0.15, -0.1) is 0 Å². The van der Waals surface area contributed by atoms with Gasteiger partial charge < -0.3 is 5.73 Å². The summed E-state index contributed by atoms with van der Waals surface area (Å²) >= 11 is 5.98. The van der Waals surface area contributed by atoms with Crippen molar-refractivity contribution in [2.24, 2.45) is 5.73 Å². The molecule has 0 aliphatic heterocycles. The largest absolute Gasteiger partial charge is 0.324 e. The van der Waals surface area contributed by atoms with Gasteiger partial charge in [0.1, 0.15) is 0 Å². The quantitative estimate of drug-likeness (QED) is 0.746. The third kappa shape index (κ3) is 1.87. The van der Waals surface area contributed by atoms with Gasteiger partial charge in [0.05, 0.1) is 0 Å². The maximum absolute atomic E-state index is 5.98. The monoisotopic (exact) mass is 181 g/mol. The first kappa shape index (κ1) is 9.30. The van der Waals surface area contributed by atoms with Gasteiger partial charge in [0.25, 0.3) is 0 Å². The molecule has 12 heavy (non-hydrogen) atoms. The molecule has 0 saturated heterocycles. The summed E-state index contributed by atoms with van der Waals surface area (Å²) in [4.78, 5) is 0. The molecule has 1 unspecified atom stereocenters. The molecule has 0 spiro atoms. The minimum Gasteiger partial charge on any atom is -0.324 e. The summed E-state index contributed by atoms with van der Waals surface area (Å²) in [6, 6.07) is 5.74. The van der Waals surface area contributed by atoms with Crippen molar-refractivity contribution in [1.82, 2.24) is 0 Å². The topological polar surface area (TPSA) is 26.0 Å². The van der Waals surface area contributed by atoms with Crippen LogP contribution in [0.25, 0.3) is 6.08 Å². The van der Waals surface area contributed by atoms with Gasteiger partial charge in [-0.2, -0.15) is 0 Å². The zero-order valence-electron chi connectivity index (χ0n) is 7.05. The van der Waals surface area contributed by atoms with E-state index < -0.39 is 0 Å². The summed E-state index contributed by atoms with van der Waals surface area (Å²) in [5.41, 5.74) is 7.69. The Balaban J connectivity index is 3.11. The lowest BCUT2D eigenvalue weighted by Crippen LogP contribution is -2.05. The van der Waals surface area contributed by atoms with Crippen LogP contribution >= 0.6 is 11.6 Å². The second-order valence-electron chi connectivity index (χ2n) is 2.77. The Labute approximate surface area is 77.8 Å². The predicted molar refractivity (Wildman–Crippen MR) is 54.1 cm³/mol. The molecule has 0 amide bonds. The summed E-state index contributed by atoms with van der Waals surface area (Å²) in [5.74, 6) is 0. The van der Waals surface area contributed by atoms with Gasteiger partial charge in [0.15, 0.2) is 0 Å². The van der Waals surface area contributed by atoms with Crippen molar-refractivity contribution in [2.45, 2.75) is 13.0 Å². The Kier molecular flexibility index (Phi) is 2.90. The summed E-state index contributed by atoms with van der Waals surface area (Å²) in [6.45, 7) is 5.57. The fourth-order valence-electron chi connectivity index (χ4n) is 1.04. The average Bonchev–Trinajstić information content (AvgIpc) is 2.03. The fourth-order valence-corrected chi connectivity index (χ4v) is 1.40. The highest BCUT2D eigenvalue weighted by Crippen LogP contribution is 2.22.